The van der Waals surface area contributed by atoms with Gasteiger partial charge in [0, 0.05) is 22.9 Å². The lowest BCUT2D eigenvalue weighted by Gasteiger charge is -2.68. The molecular formula is C20H18ClN3O5S. The number of carbonyl (C=O) groups excluding carboxylic acids is 1. The molecule has 1 amide bonds. The number of carbonyl (C=O) groups is 1. The Bertz CT molecular complexity index is 1290. The van der Waals surface area contributed by atoms with Crippen molar-refractivity contribution >= 4 is 44.7 Å². The number of furan rings is 1. The van der Waals surface area contributed by atoms with E-state index in [1.807, 2.05) is 6.07 Å². The van der Waals surface area contributed by atoms with Gasteiger partial charge in [-0.25, -0.2) is 13.4 Å². The van der Waals surface area contributed by atoms with Crippen molar-refractivity contribution < 1.29 is 22.0 Å². The molecule has 0 radical (unpaired) electrons. The molecular weight excluding hydrogens is 430 g/mol. The van der Waals surface area contributed by atoms with E-state index in [0.29, 0.717) is 22.3 Å². The molecule has 156 valence electrons. The summed E-state index contributed by atoms with van der Waals surface area (Å²) >= 11 is 6.01. The van der Waals surface area contributed by atoms with Crippen LogP contribution in [0.4, 0.5) is 0 Å². The number of aliphatic imine (C=N–C) groups is 1. The van der Waals surface area contributed by atoms with Crippen molar-refractivity contribution in [1.82, 2.24) is 10.3 Å². The topological polar surface area (TPSA) is 115 Å². The van der Waals surface area contributed by atoms with Gasteiger partial charge >= 0.3 is 0 Å². The lowest BCUT2D eigenvalue weighted by Crippen LogP contribution is -2.76. The Hall–Kier alpha value is -2.65. The molecule has 3 aliphatic carbocycles. The lowest BCUT2D eigenvalue weighted by molar-refractivity contribution is -0.0958. The van der Waals surface area contributed by atoms with Crippen LogP contribution in [0.5, 0.6) is 0 Å². The van der Waals surface area contributed by atoms with Gasteiger partial charge in [0.1, 0.15) is 17.2 Å². The molecule has 0 aliphatic heterocycles. The maximum absolute atomic E-state index is 12.5. The molecule has 3 fully saturated rings. The van der Waals surface area contributed by atoms with E-state index in [-0.39, 0.29) is 28.5 Å². The molecule has 30 heavy (non-hydrogen) atoms. The van der Waals surface area contributed by atoms with Gasteiger partial charge in [-0.2, -0.15) is 0 Å². The normalized spacial score (nSPS) is 25.3. The maximum atomic E-state index is 12.5. The highest BCUT2D eigenvalue weighted by molar-refractivity contribution is 7.90. The summed E-state index contributed by atoms with van der Waals surface area (Å²) < 4.78 is 33.6. The van der Waals surface area contributed by atoms with Crippen LogP contribution in [0, 0.1) is 0 Å². The van der Waals surface area contributed by atoms with E-state index >= 15 is 0 Å². The monoisotopic (exact) mass is 447 g/mol. The summed E-state index contributed by atoms with van der Waals surface area (Å²) in [5.74, 6) is 0.533. The van der Waals surface area contributed by atoms with Crippen LogP contribution in [0.1, 0.15) is 41.5 Å². The minimum atomic E-state index is -3.20. The third-order valence-electron chi connectivity index (χ3n) is 5.59. The summed E-state index contributed by atoms with van der Waals surface area (Å²) in [6.07, 6.45) is 4.67. The smallest absolute Gasteiger partial charge is 0.287 e. The molecule has 3 aromatic rings. The summed E-state index contributed by atoms with van der Waals surface area (Å²) in [5, 5.41) is 3.64. The molecule has 1 aromatic carbocycles. The van der Waals surface area contributed by atoms with Gasteiger partial charge in [-0.15, -0.1) is 0 Å². The summed E-state index contributed by atoms with van der Waals surface area (Å²) in [5.41, 5.74) is 1.04. The van der Waals surface area contributed by atoms with E-state index in [4.69, 9.17) is 20.4 Å². The van der Waals surface area contributed by atoms with Gasteiger partial charge in [0.25, 0.3) is 5.91 Å². The Morgan fingerprint density at radius 1 is 1.27 bits per heavy atom. The molecule has 8 nitrogen and oxygen atoms in total. The third-order valence-corrected chi connectivity index (χ3v) is 6.44. The zero-order chi connectivity index (χ0) is 21.1. The fraction of sp³-hybridized carbons (Fsp3) is 0.350. The molecule has 0 unspecified atom stereocenters. The van der Waals surface area contributed by atoms with Crippen molar-refractivity contribution in [3.05, 3.63) is 52.8 Å². The molecule has 3 aliphatic rings. The molecule has 0 atom stereocenters. The second-order valence-corrected chi connectivity index (χ2v) is 10.8. The first-order valence-electron chi connectivity index (χ1n) is 9.32. The molecule has 2 bridgehead atoms. The first-order chi connectivity index (χ1) is 14.2. The molecule has 6 rings (SSSR count). The van der Waals surface area contributed by atoms with Crippen molar-refractivity contribution in [3.8, 4) is 0 Å². The first kappa shape index (κ1) is 19.3. The number of nitrogens with zero attached hydrogens (tertiary/aromatic N) is 2. The Kier molecular flexibility index (Phi) is 4.14. The van der Waals surface area contributed by atoms with Crippen LogP contribution in [-0.4, -0.2) is 43.2 Å². The largest absolute Gasteiger partial charge is 0.450 e. The third kappa shape index (κ3) is 3.31. The number of sulfone groups is 1. The number of halogens is 1. The number of aromatic nitrogens is 1. The van der Waals surface area contributed by atoms with Crippen LogP contribution in [-0.2, 0) is 15.3 Å². The highest BCUT2D eigenvalue weighted by Gasteiger charge is 2.71. The quantitative estimate of drug-likeness (QED) is 0.580. The van der Waals surface area contributed by atoms with Crippen LogP contribution in [0.25, 0.3) is 11.1 Å². The van der Waals surface area contributed by atoms with Crippen molar-refractivity contribution in [2.45, 2.75) is 30.2 Å². The van der Waals surface area contributed by atoms with E-state index in [1.54, 1.807) is 24.3 Å². The molecule has 2 heterocycles. The van der Waals surface area contributed by atoms with Gasteiger partial charge in [0.05, 0.1) is 11.6 Å². The Morgan fingerprint density at radius 2 is 2.03 bits per heavy atom. The summed E-state index contributed by atoms with van der Waals surface area (Å²) in [4.78, 5) is 20.9. The molecule has 0 spiro atoms. The van der Waals surface area contributed by atoms with E-state index in [1.165, 1.54) is 6.21 Å². The van der Waals surface area contributed by atoms with Crippen molar-refractivity contribution in [2.75, 3.05) is 12.1 Å². The number of hydrogen-bond donors (Lipinski definition) is 1. The molecule has 10 heteroatoms. The number of oxazole rings is 1. The number of fused-ring (bicyclic) bond motifs is 1. The van der Waals surface area contributed by atoms with E-state index in [2.05, 4.69) is 15.3 Å². The molecule has 1 N–H and O–H groups in total. The molecule has 3 saturated carbocycles. The average molecular weight is 448 g/mol. The van der Waals surface area contributed by atoms with Gasteiger partial charge in [-0.3, -0.25) is 9.79 Å². The number of hydrogen-bond acceptors (Lipinski definition) is 7. The minimum absolute atomic E-state index is 0.134. The van der Waals surface area contributed by atoms with E-state index in [0.717, 1.165) is 31.0 Å². The van der Waals surface area contributed by atoms with Gasteiger partial charge in [0.2, 0.25) is 5.89 Å². The van der Waals surface area contributed by atoms with Gasteiger partial charge in [0.15, 0.2) is 21.2 Å². The average Bonchev–Trinajstić information content (AvgIpc) is 3.22. The molecule has 0 saturated heterocycles. The zero-order valence-electron chi connectivity index (χ0n) is 16.0. The summed E-state index contributed by atoms with van der Waals surface area (Å²) in [6.45, 7) is 0. The van der Waals surface area contributed by atoms with Crippen LogP contribution >= 0.6 is 11.6 Å². The van der Waals surface area contributed by atoms with Crippen molar-refractivity contribution in [1.29, 1.82) is 0 Å². The predicted octanol–water partition coefficient (Wildman–Crippen LogP) is 3.10. The molecule has 2 aromatic heterocycles. The summed E-state index contributed by atoms with van der Waals surface area (Å²) in [7, 11) is -3.20. The highest BCUT2D eigenvalue weighted by Crippen LogP contribution is 2.67. The predicted molar refractivity (Wildman–Crippen MR) is 111 cm³/mol. The van der Waals surface area contributed by atoms with Crippen LogP contribution in [0.2, 0.25) is 5.02 Å². The Morgan fingerprint density at radius 3 is 2.77 bits per heavy atom. The first-order valence-corrected chi connectivity index (χ1v) is 11.8. The van der Waals surface area contributed by atoms with Crippen LogP contribution < -0.4 is 5.32 Å². The minimum Gasteiger partial charge on any atom is -0.450 e. The lowest BCUT2D eigenvalue weighted by atomic mass is 9.39. The second kappa shape index (κ2) is 6.42. The standard InChI is InChI=1S/C20H18ClN3O5S/c1-30(26,27)11-22-7-13-3-5-15(28-13)17(25)24-20-8-19(9-20,10-20)18-23-14-4-2-12(21)6-16(14)29-18/h2-7H,8-11H2,1H3,(H,24,25). The number of benzene rings is 1. The Labute approximate surface area is 177 Å². The van der Waals surface area contributed by atoms with Crippen LogP contribution in [0.3, 0.4) is 0 Å². The second-order valence-electron chi connectivity index (χ2n) is 8.24. The van der Waals surface area contributed by atoms with Crippen molar-refractivity contribution in [3.63, 3.8) is 0 Å². The Balaban J connectivity index is 1.22. The highest BCUT2D eigenvalue weighted by atomic mass is 35.5. The number of nitrogens with one attached hydrogen (secondary N) is 1. The maximum Gasteiger partial charge on any atom is 0.287 e. The fourth-order valence-electron chi connectivity index (χ4n) is 4.38. The fourth-order valence-corrected chi connectivity index (χ4v) is 4.89. The van der Waals surface area contributed by atoms with E-state index < -0.39 is 9.84 Å². The SMILES string of the molecule is CS(=O)(=O)CN=Cc1ccc(C(=O)NC23CC(c4nc5ccc(Cl)cc5o4)(C2)C3)o1. The number of rotatable bonds is 6. The van der Waals surface area contributed by atoms with Gasteiger partial charge in [-0.1, -0.05) is 11.6 Å². The number of amides is 1. The zero-order valence-corrected chi connectivity index (χ0v) is 17.6. The van der Waals surface area contributed by atoms with E-state index in [9.17, 15) is 13.2 Å². The van der Waals surface area contributed by atoms with Crippen LogP contribution in [0.15, 0.2) is 44.2 Å². The van der Waals surface area contributed by atoms with Gasteiger partial charge < -0.3 is 14.2 Å². The summed E-state index contributed by atoms with van der Waals surface area (Å²) in [6, 6.07) is 8.49. The van der Waals surface area contributed by atoms with Crippen molar-refractivity contribution in [2.24, 2.45) is 4.99 Å². The van der Waals surface area contributed by atoms with Gasteiger partial charge in [-0.05, 0) is 43.5 Å².